The number of benzene rings is 2. The summed E-state index contributed by atoms with van der Waals surface area (Å²) in [5.74, 6) is 0.821. The molecule has 1 saturated heterocycles. The number of halogens is 2. The number of nitrogens with two attached hydrogens (primary N) is 1. The van der Waals surface area contributed by atoms with E-state index in [1.165, 1.54) is 18.2 Å². The smallest absolute Gasteiger partial charge is 0.302 e. The van der Waals surface area contributed by atoms with Gasteiger partial charge in [-0.25, -0.2) is 9.88 Å². The van der Waals surface area contributed by atoms with Crippen LogP contribution >= 0.6 is 23.2 Å². The molecule has 0 aliphatic carbocycles. The van der Waals surface area contributed by atoms with Crippen LogP contribution in [0.25, 0.3) is 11.1 Å². The monoisotopic (exact) mass is 416 g/mol. The number of oxazole rings is 1. The number of anilines is 1. The Kier molecular flexibility index (Phi) is 4.37. The number of aromatic nitrogens is 1. The van der Waals surface area contributed by atoms with Crippen molar-refractivity contribution in [1.82, 2.24) is 4.98 Å². The summed E-state index contributed by atoms with van der Waals surface area (Å²) in [6.45, 7) is 0. The lowest BCUT2D eigenvalue weighted by molar-refractivity contribution is -0.139. The fourth-order valence-electron chi connectivity index (χ4n) is 2.94. The lowest BCUT2D eigenvalue weighted by Gasteiger charge is -2.28. The minimum Gasteiger partial charge on any atom is -0.439 e. The van der Waals surface area contributed by atoms with Crippen molar-refractivity contribution in [2.75, 3.05) is 4.90 Å². The van der Waals surface area contributed by atoms with E-state index in [2.05, 4.69) is 10.1 Å². The zero-order valence-electron chi connectivity index (χ0n) is 13.9. The first-order chi connectivity index (χ1) is 13.4. The molecule has 28 heavy (non-hydrogen) atoms. The van der Waals surface area contributed by atoms with Gasteiger partial charge in [-0.05, 0) is 30.3 Å². The number of fused-ring (bicyclic) bond motifs is 1. The Hall–Kier alpha value is -3.23. The van der Waals surface area contributed by atoms with E-state index in [-0.39, 0.29) is 22.3 Å². The van der Waals surface area contributed by atoms with E-state index in [0.29, 0.717) is 21.0 Å². The fraction of sp³-hybridized carbons (Fsp3) is 0.0556. The molecule has 10 heteroatoms. The standard InChI is InChI=1S/C18H10Cl2N4O4/c19-8-5-6-11(9(20)7-8)24-17(26)14(23-21)13(15(25)18(24)27)16-22-10-3-1-2-4-12(10)28-16/h1-7,13H,21H2. The fourth-order valence-corrected chi connectivity index (χ4v) is 3.43. The van der Waals surface area contributed by atoms with Crippen molar-refractivity contribution in [1.29, 1.82) is 0 Å². The lowest BCUT2D eigenvalue weighted by atomic mass is 9.91. The van der Waals surface area contributed by atoms with Crippen molar-refractivity contribution in [3.63, 3.8) is 0 Å². The summed E-state index contributed by atoms with van der Waals surface area (Å²) in [7, 11) is 0. The molecule has 4 rings (SSSR count). The number of imide groups is 1. The Morgan fingerprint density at radius 1 is 1.07 bits per heavy atom. The molecule has 1 fully saturated rings. The average molecular weight is 417 g/mol. The maximum absolute atomic E-state index is 12.9. The third-order valence-electron chi connectivity index (χ3n) is 4.22. The molecule has 2 aromatic carbocycles. The van der Waals surface area contributed by atoms with E-state index in [1.807, 2.05) is 0 Å². The summed E-state index contributed by atoms with van der Waals surface area (Å²) in [6.07, 6.45) is 0. The molecule has 1 unspecified atom stereocenters. The number of amides is 2. The van der Waals surface area contributed by atoms with Crippen LogP contribution in [0, 0.1) is 0 Å². The minimum atomic E-state index is -1.44. The molecule has 1 aromatic heterocycles. The van der Waals surface area contributed by atoms with Crippen LogP contribution in [0.4, 0.5) is 5.69 Å². The molecule has 8 nitrogen and oxygen atoms in total. The normalized spacial score (nSPS) is 19.1. The van der Waals surface area contributed by atoms with Crippen molar-refractivity contribution >= 4 is 63.3 Å². The van der Waals surface area contributed by atoms with Crippen molar-refractivity contribution < 1.29 is 18.8 Å². The number of para-hydroxylation sites is 2. The van der Waals surface area contributed by atoms with E-state index in [9.17, 15) is 14.4 Å². The number of hydrogen-bond acceptors (Lipinski definition) is 7. The van der Waals surface area contributed by atoms with Crippen LogP contribution in [0.5, 0.6) is 0 Å². The van der Waals surface area contributed by atoms with Gasteiger partial charge in [-0.2, -0.15) is 5.10 Å². The van der Waals surface area contributed by atoms with Crippen LogP contribution in [0.1, 0.15) is 11.8 Å². The first-order valence-electron chi connectivity index (χ1n) is 7.93. The highest BCUT2D eigenvalue weighted by Crippen LogP contribution is 2.34. The van der Waals surface area contributed by atoms with Crippen LogP contribution in [0.15, 0.2) is 52.0 Å². The zero-order valence-corrected chi connectivity index (χ0v) is 15.4. The summed E-state index contributed by atoms with van der Waals surface area (Å²) in [5.41, 5.74) is 0.461. The summed E-state index contributed by atoms with van der Waals surface area (Å²) in [6, 6.07) is 10.9. The average Bonchev–Trinajstić information content (AvgIpc) is 3.09. The molecule has 2 heterocycles. The summed E-state index contributed by atoms with van der Waals surface area (Å²) >= 11 is 11.9. The van der Waals surface area contributed by atoms with Gasteiger partial charge in [0, 0.05) is 5.02 Å². The quantitative estimate of drug-likeness (QED) is 0.296. The van der Waals surface area contributed by atoms with E-state index < -0.39 is 23.5 Å². The van der Waals surface area contributed by atoms with Gasteiger partial charge in [-0.15, -0.1) is 0 Å². The maximum atomic E-state index is 12.9. The molecule has 1 aliphatic rings. The first-order valence-corrected chi connectivity index (χ1v) is 8.69. The molecule has 2 amide bonds. The highest BCUT2D eigenvalue weighted by atomic mass is 35.5. The van der Waals surface area contributed by atoms with Crippen LogP contribution in [-0.4, -0.2) is 28.3 Å². The number of hydrazone groups is 1. The van der Waals surface area contributed by atoms with E-state index in [4.69, 9.17) is 33.5 Å². The van der Waals surface area contributed by atoms with Gasteiger partial charge in [0.05, 0.1) is 10.7 Å². The van der Waals surface area contributed by atoms with Crippen LogP contribution < -0.4 is 10.7 Å². The Bertz CT molecular complexity index is 1150. The van der Waals surface area contributed by atoms with E-state index in [1.54, 1.807) is 24.3 Å². The number of carbonyl (C=O) groups excluding carboxylic acids is 3. The molecular formula is C18H10Cl2N4O4. The molecule has 140 valence electrons. The van der Waals surface area contributed by atoms with Crippen LogP contribution in [0.3, 0.4) is 0 Å². The summed E-state index contributed by atoms with van der Waals surface area (Å²) < 4.78 is 5.55. The van der Waals surface area contributed by atoms with Crippen molar-refractivity contribution in [3.05, 3.63) is 58.4 Å². The third kappa shape index (κ3) is 2.74. The summed E-state index contributed by atoms with van der Waals surface area (Å²) in [4.78, 5) is 43.3. The second-order valence-corrected chi connectivity index (χ2v) is 6.72. The SMILES string of the molecule is NN=C1C(=O)N(c2ccc(Cl)cc2Cl)C(=O)C(=O)C1c1nc2ccccc2o1. The number of rotatable bonds is 2. The predicted molar refractivity (Wildman–Crippen MR) is 102 cm³/mol. The number of Topliss-reactive ketones (excluding diaryl/α,β-unsaturated/α-hetero) is 1. The second-order valence-electron chi connectivity index (χ2n) is 5.87. The van der Waals surface area contributed by atoms with Gasteiger partial charge in [-0.3, -0.25) is 14.4 Å². The number of hydrogen-bond donors (Lipinski definition) is 1. The number of carbonyl (C=O) groups is 3. The maximum Gasteiger partial charge on any atom is 0.302 e. The summed E-state index contributed by atoms with van der Waals surface area (Å²) in [5, 5.41) is 3.76. The van der Waals surface area contributed by atoms with Gasteiger partial charge in [0.2, 0.25) is 11.7 Å². The largest absolute Gasteiger partial charge is 0.439 e. The second kappa shape index (κ2) is 6.74. The van der Waals surface area contributed by atoms with E-state index >= 15 is 0 Å². The molecule has 1 atom stereocenters. The van der Waals surface area contributed by atoms with Gasteiger partial charge in [0.15, 0.2) is 11.5 Å². The van der Waals surface area contributed by atoms with Crippen molar-refractivity contribution in [2.45, 2.75) is 5.92 Å². The number of nitrogens with zero attached hydrogens (tertiary/aromatic N) is 3. The Morgan fingerprint density at radius 2 is 1.82 bits per heavy atom. The van der Waals surface area contributed by atoms with Crippen molar-refractivity contribution in [2.24, 2.45) is 10.9 Å². The molecule has 0 spiro atoms. The highest BCUT2D eigenvalue weighted by molar-refractivity contribution is 6.67. The molecule has 0 saturated carbocycles. The van der Waals surface area contributed by atoms with Crippen LogP contribution in [0.2, 0.25) is 10.0 Å². The number of ketones is 1. The van der Waals surface area contributed by atoms with Crippen LogP contribution in [-0.2, 0) is 14.4 Å². The molecule has 0 bridgehead atoms. The van der Waals surface area contributed by atoms with Crippen molar-refractivity contribution in [3.8, 4) is 0 Å². The van der Waals surface area contributed by atoms with Gasteiger partial charge in [0.1, 0.15) is 11.2 Å². The van der Waals surface area contributed by atoms with Gasteiger partial charge < -0.3 is 10.3 Å². The topological polar surface area (TPSA) is 119 Å². The Morgan fingerprint density at radius 3 is 2.50 bits per heavy atom. The minimum absolute atomic E-state index is 0.00779. The third-order valence-corrected chi connectivity index (χ3v) is 4.76. The lowest BCUT2D eigenvalue weighted by Crippen LogP contribution is -2.55. The predicted octanol–water partition coefficient (Wildman–Crippen LogP) is 2.68. The molecule has 3 aromatic rings. The Balaban J connectivity index is 1.82. The zero-order chi connectivity index (χ0) is 20.0. The van der Waals surface area contributed by atoms with Gasteiger partial charge in [-0.1, -0.05) is 35.3 Å². The molecule has 2 N–H and O–H groups in total. The first kappa shape index (κ1) is 18.1. The van der Waals surface area contributed by atoms with Gasteiger partial charge >= 0.3 is 5.91 Å². The number of piperidine rings is 1. The molecular weight excluding hydrogens is 407 g/mol. The molecule has 1 aliphatic heterocycles. The highest BCUT2D eigenvalue weighted by Gasteiger charge is 2.49. The van der Waals surface area contributed by atoms with Gasteiger partial charge in [0.25, 0.3) is 5.91 Å². The molecule has 0 radical (unpaired) electrons. The Labute approximate surface area is 167 Å². The van der Waals surface area contributed by atoms with E-state index in [0.717, 1.165) is 0 Å².